The largest absolute Gasteiger partial charge is 0.497 e. The lowest BCUT2D eigenvalue weighted by Crippen LogP contribution is -2.17. The van der Waals surface area contributed by atoms with Crippen molar-refractivity contribution in [1.29, 1.82) is 0 Å². The fourth-order valence-corrected chi connectivity index (χ4v) is 1.60. The maximum absolute atomic E-state index is 12.6. The maximum atomic E-state index is 12.6. The van der Waals surface area contributed by atoms with Gasteiger partial charge in [0, 0.05) is 12.5 Å². The average Bonchev–Trinajstić information content (AvgIpc) is 2.33. The first kappa shape index (κ1) is 19.9. The SMILES string of the molecule is COc1cc([C@@H](N)CCC(F)(F)F)cc(C(F)(F)F)c1.Cl. The highest BCUT2D eigenvalue weighted by atomic mass is 35.5. The van der Waals surface area contributed by atoms with Crippen molar-refractivity contribution in [3.8, 4) is 5.75 Å². The average molecular weight is 338 g/mol. The first-order valence-electron chi connectivity index (χ1n) is 5.61. The fraction of sp³-hybridized carbons (Fsp3) is 0.500. The number of methoxy groups -OCH3 is 1. The van der Waals surface area contributed by atoms with Gasteiger partial charge in [-0.3, -0.25) is 0 Å². The molecule has 0 heterocycles. The van der Waals surface area contributed by atoms with Crippen LogP contribution in [0.15, 0.2) is 18.2 Å². The molecule has 0 amide bonds. The molecule has 2 nitrogen and oxygen atoms in total. The molecule has 0 fully saturated rings. The summed E-state index contributed by atoms with van der Waals surface area (Å²) in [5, 5.41) is 0. The lowest BCUT2D eigenvalue weighted by molar-refractivity contribution is -0.138. The highest BCUT2D eigenvalue weighted by Crippen LogP contribution is 2.35. The van der Waals surface area contributed by atoms with Crippen molar-refractivity contribution in [2.75, 3.05) is 7.11 Å². The molecule has 1 aromatic carbocycles. The molecule has 21 heavy (non-hydrogen) atoms. The van der Waals surface area contributed by atoms with Crippen LogP contribution >= 0.6 is 12.4 Å². The number of halogens is 7. The molecule has 9 heteroatoms. The molecule has 0 bridgehead atoms. The van der Waals surface area contributed by atoms with Gasteiger partial charge in [-0.1, -0.05) is 0 Å². The smallest absolute Gasteiger partial charge is 0.416 e. The van der Waals surface area contributed by atoms with Crippen LogP contribution in [0.5, 0.6) is 5.75 Å². The summed E-state index contributed by atoms with van der Waals surface area (Å²) in [4.78, 5) is 0. The lowest BCUT2D eigenvalue weighted by atomic mass is 10.00. The van der Waals surface area contributed by atoms with Crippen LogP contribution in [-0.2, 0) is 6.18 Å². The van der Waals surface area contributed by atoms with Crippen molar-refractivity contribution in [2.45, 2.75) is 31.2 Å². The molecule has 1 rings (SSSR count). The highest BCUT2D eigenvalue weighted by Gasteiger charge is 2.32. The van der Waals surface area contributed by atoms with E-state index in [9.17, 15) is 26.3 Å². The summed E-state index contributed by atoms with van der Waals surface area (Å²) in [6.07, 6.45) is -10.7. The van der Waals surface area contributed by atoms with Gasteiger partial charge in [0.25, 0.3) is 0 Å². The fourth-order valence-electron chi connectivity index (χ4n) is 1.60. The predicted molar refractivity (Wildman–Crippen MR) is 67.5 cm³/mol. The van der Waals surface area contributed by atoms with Gasteiger partial charge in [0.05, 0.1) is 12.7 Å². The lowest BCUT2D eigenvalue weighted by Gasteiger charge is -2.17. The summed E-state index contributed by atoms with van der Waals surface area (Å²) in [6, 6.07) is 1.56. The minimum Gasteiger partial charge on any atom is -0.497 e. The highest BCUT2D eigenvalue weighted by molar-refractivity contribution is 5.85. The third kappa shape index (κ3) is 6.43. The van der Waals surface area contributed by atoms with E-state index in [0.29, 0.717) is 0 Å². The van der Waals surface area contributed by atoms with Crippen LogP contribution in [0.1, 0.15) is 30.0 Å². The molecule has 2 N–H and O–H groups in total. The van der Waals surface area contributed by atoms with Gasteiger partial charge in [-0.05, 0) is 30.2 Å². The number of hydrogen-bond acceptors (Lipinski definition) is 2. The number of benzene rings is 1. The Kier molecular flexibility index (Phi) is 6.82. The molecule has 1 atom stereocenters. The van der Waals surface area contributed by atoms with Crippen molar-refractivity contribution < 1.29 is 31.1 Å². The third-order valence-electron chi connectivity index (χ3n) is 2.66. The summed E-state index contributed by atoms with van der Waals surface area (Å²) in [7, 11) is 1.17. The second-order valence-corrected chi connectivity index (χ2v) is 4.25. The molecule has 0 spiro atoms. The quantitative estimate of drug-likeness (QED) is 0.822. The minimum atomic E-state index is -4.62. The third-order valence-corrected chi connectivity index (χ3v) is 2.66. The van der Waals surface area contributed by atoms with Crippen LogP contribution in [0, 0.1) is 0 Å². The molecular weight excluding hydrogens is 324 g/mol. The number of alkyl halides is 6. The summed E-state index contributed by atoms with van der Waals surface area (Å²) < 4.78 is 78.9. The number of ether oxygens (including phenoxy) is 1. The Balaban J connectivity index is 0.00000400. The van der Waals surface area contributed by atoms with Gasteiger partial charge in [0.15, 0.2) is 0 Å². The van der Waals surface area contributed by atoms with Gasteiger partial charge in [-0.15, -0.1) is 12.4 Å². The van der Waals surface area contributed by atoms with E-state index in [2.05, 4.69) is 0 Å². The number of hydrogen-bond donors (Lipinski definition) is 1. The van der Waals surface area contributed by atoms with Crippen molar-refractivity contribution >= 4 is 12.4 Å². The summed E-state index contributed by atoms with van der Waals surface area (Å²) >= 11 is 0. The number of nitrogens with two attached hydrogens (primary N) is 1. The Bertz CT molecular complexity index is 460. The zero-order valence-electron chi connectivity index (χ0n) is 10.9. The topological polar surface area (TPSA) is 35.2 Å². The Labute approximate surface area is 123 Å². The summed E-state index contributed by atoms with van der Waals surface area (Å²) in [5.41, 5.74) is 4.47. The minimum absolute atomic E-state index is 0. The summed E-state index contributed by atoms with van der Waals surface area (Å²) in [5.74, 6) is -0.0997. The molecule has 0 saturated heterocycles. The van der Waals surface area contributed by atoms with Gasteiger partial charge in [-0.25, -0.2) is 0 Å². The van der Waals surface area contributed by atoms with E-state index in [4.69, 9.17) is 10.5 Å². The molecule has 0 aromatic heterocycles. The monoisotopic (exact) mass is 337 g/mol. The van der Waals surface area contributed by atoms with Crippen LogP contribution in [0.25, 0.3) is 0 Å². The molecular formula is C12H14ClF6NO. The first-order chi connectivity index (χ1) is 9.03. The van der Waals surface area contributed by atoms with Crippen LogP contribution in [0.2, 0.25) is 0 Å². The Hall–Kier alpha value is -1.15. The van der Waals surface area contributed by atoms with E-state index in [1.54, 1.807) is 0 Å². The molecule has 0 saturated carbocycles. The first-order valence-corrected chi connectivity index (χ1v) is 5.61. The Morgan fingerprint density at radius 2 is 1.67 bits per heavy atom. The van der Waals surface area contributed by atoms with Gasteiger partial charge < -0.3 is 10.5 Å². The van der Waals surface area contributed by atoms with E-state index in [0.717, 1.165) is 12.1 Å². The zero-order valence-corrected chi connectivity index (χ0v) is 11.7. The second kappa shape index (κ2) is 7.22. The second-order valence-electron chi connectivity index (χ2n) is 4.25. The molecule has 1 aromatic rings. The van der Waals surface area contributed by atoms with Crippen LogP contribution < -0.4 is 10.5 Å². The van der Waals surface area contributed by atoms with E-state index in [-0.39, 0.29) is 23.7 Å². The standard InChI is InChI=1S/C12H13F6NO.ClH/c1-20-9-5-7(4-8(6-9)12(16,17)18)10(19)2-3-11(13,14)15;/h4-6,10H,2-3,19H2,1H3;1H/t10-;/m0./s1. The van der Waals surface area contributed by atoms with Gasteiger partial charge in [-0.2, -0.15) is 26.3 Å². The Morgan fingerprint density at radius 1 is 1.10 bits per heavy atom. The summed E-state index contributed by atoms with van der Waals surface area (Å²) in [6.45, 7) is 0. The van der Waals surface area contributed by atoms with E-state index < -0.39 is 36.8 Å². The van der Waals surface area contributed by atoms with E-state index in [1.807, 2.05) is 0 Å². The van der Waals surface area contributed by atoms with Crippen LogP contribution in [0.3, 0.4) is 0 Å². The Morgan fingerprint density at radius 3 is 2.10 bits per heavy atom. The van der Waals surface area contributed by atoms with Gasteiger partial charge in [0.1, 0.15) is 5.75 Å². The molecule has 0 aliphatic heterocycles. The molecule has 122 valence electrons. The van der Waals surface area contributed by atoms with Crippen molar-refractivity contribution in [3.05, 3.63) is 29.3 Å². The van der Waals surface area contributed by atoms with Crippen molar-refractivity contribution in [2.24, 2.45) is 5.73 Å². The van der Waals surface area contributed by atoms with Gasteiger partial charge >= 0.3 is 12.4 Å². The van der Waals surface area contributed by atoms with E-state index in [1.165, 1.54) is 13.2 Å². The molecule has 0 unspecified atom stereocenters. The van der Waals surface area contributed by atoms with Crippen molar-refractivity contribution in [1.82, 2.24) is 0 Å². The number of rotatable bonds is 4. The predicted octanol–water partition coefficient (Wildman–Crippen LogP) is 4.48. The molecule has 0 aliphatic rings. The zero-order chi connectivity index (χ0) is 15.6. The van der Waals surface area contributed by atoms with Gasteiger partial charge in [0.2, 0.25) is 0 Å². The van der Waals surface area contributed by atoms with Crippen LogP contribution in [-0.4, -0.2) is 13.3 Å². The van der Waals surface area contributed by atoms with Crippen LogP contribution in [0.4, 0.5) is 26.3 Å². The van der Waals surface area contributed by atoms with E-state index >= 15 is 0 Å². The normalized spacial score (nSPS) is 13.5. The maximum Gasteiger partial charge on any atom is 0.416 e. The molecule has 0 radical (unpaired) electrons. The van der Waals surface area contributed by atoms with Crippen molar-refractivity contribution in [3.63, 3.8) is 0 Å². The molecule has 0 aliphatic carbocycles.